The number of hydrogen-bond acceptors (Lipinski definition) is 13. The molecule has 0 aliphatic carbocycles. The van der Waals surface area contributed by atoms with Crippen LogP contribution in [0.2, 0.25) is 0 Å². The first-order chi connectivity index (χ1) is 34.6. The van der Waals surface area contributed by atoms with E-state index in [1.807, 2.05) is 57.2 Å². The second-order valence-electron chi connectivity index (χ2n) is 17.9. The summed E-state index contributed by atoms with van der Waals surface area (Å²) in [6.07, 6.45) is 8.45. The molecule has 2 aromatic rings. The fraction of sp³-hybridized carbons (Fsp3) is 0.593. The number of amides is 6. The number of likely N-dealkylation sites (N-methyl/N-ethyl adjacent to an activating group) is 2. The predicted octanol–water partition coefficient (Wildman–Crippen LogP) is 7.13. The number of ether oxygens (including phenoxy) is 5. The van der Waals surface area contributed by atoms with E-state index in [2.05, 4.69) is 45.1 Å². The summed E-state index contributed by atoms with van der Waals surface area (Å²) in [5, 5.41) is 13.1. The third kappa shape index (κ3) is 18.7. The largest absolute Gasteiger partial charge is 0.445 e. The van der Waals surface area contributed by atoms with E-state index in [4.69, 9.17) is 23.7 Å². The van der Waals surface area contributed by atoms with Gasteiger partial charge in [0.1, 0.15) is 18.8 Å². The molecule has 2 N–H and O–H groups in total. The highest BCUT2D eigenvalue weighted by Gasteiger charge is 2.35. The van der Waals surface area contributed by atoms with E-state index < -0.39 is 23.9 Å². The Labute approximate surface area is 427 Å². The van der Waals surface area contributed by atoms with E-state index in [9.17, 15) is 33.9 Å². The maximum Gasteiger partial charge on any atom is 0.410 e. The summed E-state index contributed by atoms with van der Waals surface area (Å²) in [6, 6.07) is 15.9. The van der Waals surface area contributed by atoms with Crippen molar-refractivity contribution in [1.82, 2.24) is 29.8 Å². The second-order valence-corrected chi connectivity index (χ2v) is 17.9. The van der Waals surface area contributed by atoms with Gasteiger partial charge in [-0.15, -0.1) is 0 Å². The normalized spacial score (nSPS) is 13.1. The van der Waals surface area contributed by atoms with E-state index in [1.165, 1.54) is 38.5 Å². The minimum atomic E-state index is -1.00. The molecule has 0 saturated heterocycles. The number of carbonyl (C=O) groups excluding carboxylic acids is 6. The van der Waals surface area contributed by atoms with Crippen LogP contribution in [-0.4, -0.2) is 165 Å². The highest BCUT2D eigenvalue weighted by atomic mass is 16.6. The predicted molar refractivity (Wildman–Crippen MR) is 275 cm³/mol. The van der Waals surface area contributed by atoms with Crippen LogP contribution in [0.4, 0.5) is 14.4 Å². The van der Waals surface area contributed by atoms with Crippen LogP contribution < -0.4 is 5.32 Å². The van der Waals surface area contributed by atoms with Crippen LogP contribution in [0.5, 0.6) is 0 Å². The van der Waals surface area contributed by atoms with Crippen LogP contribution in [0, 0.1) is 0 Å². The molecule has 2 aromatic carbocycles. The van der Waals surface area contributed by atoms with E-state index in [-0.39, 0.29) is 115 Å². The molecule has 6 amide bonds. The summed E-state index contributed by atoms with van der Waals surface area (Å²) in [6.45, 7) is 16.1. The quantitative estimate of drug-likeness (QED) is 0.0318. The molecule has 3 rings (SSSR count). The molecule has 18 heteroatoms. The molecule has 1 unspecified atom stereocenters. The van der Waals surface area contributed by atoms with Gasteiger partial charge in [-0.25, -0.2) is 14.4 Å². The van der Waals surface area contributed by atoms with Gasteiger partial charge in [-0.05, 0) is 73.8 Å². The average molecular weight is 1010 g/mol. The summed E-state index contributed by atoms with van der Waals surface area (Å²) >= 11 is 0. The highest BCUT2D eigenvalue weighted by molar-refractivity contribution is 6.12. The van der Waals surface area contributed by atoms with Crippen LogP contribution in [0.25, 0.3) is 0 Å². The van der Waals surface area contributed by atoms with Gasteiger partial charge < -0.3 is 53.7 Å². The van der Waals surface area contributed by atoms with Gasteiger partial charge in [-0.1, -0.05) is 96.1 Å². The maximum atomic E-state index is 14.0. The highest BCUT2D eigenvalue weighted by Crippen LogP contribution is 2.34. The molecule has 0 aromatic heterocycles. The van der Waals surface area contributed by atoms with E-state index in [1.54, 1.807) is 25.1 Å². The van der Waals surface area contributed by atoms with Crippen molar-refractivity contribution in [2.75, 3.05) is 92.9 Å². The molecule has 0 radical (unpaired) electrons. The molecular weight excluding hydrogens is 925 g/mol. The van der Waals surface area contributed by atoms with Crippen LogP contribution >= 0.6 is 0 Å². The van der Waals surface area contributed by atoms with Crippen LogP contribution in [-0.2, 0) is 62.4 Å². The Kier molecular flexibility index (Phi) is 26.5. The fourth-order valence-corrected chi connectivity index (χ4v) is 8.05. The summed E-state index contributed by atoms with van der Waals surface area (Å²) < 4.78 is 28.7. The topological polar surface area (TPSA) is 197 Å². The lowest BCUT2D eigenvalue weighted by Gasteiger charge is -2.36. The molecule has 18 nitrogen and oxygen atoms in total. The van der Waals surface area contributed by atoms with Gasteiger partial charge in [0.05, 0.1) is 39.6 Å². The summed E-state index contributed by atoms with van der Waals surface area (Å²) in [4.78, 5) is 83.6. The molecular formula is C54H82N6O12. The molecule has 0 spiro atoms. The van der Waals surface area contributed by atoms with Gasteiger partial charge in [-0.3, -0.25) is 19.3 Å². The molecule has 1 aliphatic heterocycles. The number of carbonyl (C=O) groups is 6. The zero-order valence-corrected chi connectivity index (χ0v) is 44.3. The molecule has 0 fully saturated rings. The van der Waals surface area contributed by atoms with Crippen LogP contribution in [0.1, 0.15) is 109 Å². The van der Waals surface area contributed by atoms with Crippen molar-refractivity contribution in [2.24, 2.45) is 0 Å². The first-order valence-electron chi connectivity index (χ1n) is 25.5. The number of nitrogens with zero attached hydrogens (tertiary/aromatic N) is 5. The van der Waals surface area contributed by atoms with Gasteiger partial charge in [0, 0.05) is 77.1 Å². The monoisotopic (exact) mass is 1010 g/mol. The Hall–Kier alpha value is -5.82. The summed E-state index contributed by atoms with van der Waals surface area (Å²) in [5.74, 6) is -1.02. The van der Waals surface area contributed by atoms with Crippen molar-refractivity contribution >= 4 is 36.0 Å². The molecule has 400 valence electrons. The van der Waals surface area contributed by atoms with Crippen molar-refractivity contribution in [1.29, 1.82) is 0 Å². The van der Waals surface area contributed by atoms with E-state index in [0.717, 1.165) is 35.3 Å². The van der Waals surface area contributed by atoms with Crippen molar-refractivity contribution < 1.29 is 57.6 Å². The molecule has 1 aliphatic rings. The number of rotatable bonds is 33. The molecule has 1 heterocycles. The maximum absolute atomic E-state index is 14.0. The third-order valence-electron chi connectivity index (χ3n) is 13.2. The van der Waals surface area contributed by atoms with Gasteiger partial charge in [0.25, 0.3) is 11.8 Å². The zero-order valence-electron chi connectivity index (χ0n) is 44.3. The Morgan fingerprint density at radius 2 is 1.15 bits per heavy atom. The third-order valence-corrected chi connectivity index (χ3v) is 13.2. The van der Waals surface area contributed by atoms with Crippen LogP contribution in [0.15, 0.2) is 72.8 Å². The van der Waals surface area contributed by atoms with Gasteiger partial charge >= 0.3 is 18.3 Å². The SMILES string of the molecule is CC/C=C/C(=O)N(CCOCCN1C(=O)C=CC1=O)CCN(C)C(=O)OCc1ccc(C(CC)(CC)OC(=O)N(CCOCCO)CCN(C)C(=O)OCc2ccc(C(CC)(CC)NC(C)CC)cc2)cc1. The average Bonchev–Trinajstić information content (AvgIpc) is 3.72. The Morgan fingerprint density at radius 1 is 0.653 bits per heavy atom. The minimum absolute atomic E-state index is 0.0274. The minimum Gasteiger partial charge on any atom is -0.445 e. The first kappa shape index (κ1) is 60.5. The summed E-state index contributed by atoms with van der Waals surface area (Å²) in [5.41, 5.74) is 2.38. The van der Waals surface area contributed by atoms with Crippen molar-refractivity contribution in [3.63, 3.8) is 0 Å². The fourth-order valence-electron chi connectivity index (χ4n) is 8.05. The Balaban J connectivity index is 1.57. The smallest absolute Gasteiger partial charge is 0.410 e. The van der Waals surface area contributed by atoms with Gasteiger partial charge in [0.2, 0.25) is 5.91 Å². The number of benzene rings is 2. The van der Waals surface area contributed by atoms with Gasteiger partial charge in [0.15, 0.2) is 0 Å². The van der Waals surface area contributed by atoms with E-state index in [0.29, 0.717) is 30.9 Å². The second kappa shape index (κ2) is 31.6. The van der Waals surface area contributed by atoms with Crippen LogP contribution in [0.3, 0.4) is 0 Å². The number of hydrogen-bond donors (Lipinski definition) is 2. The number of allylic oxidation sites excluding steroid dienone is 1. The van der Waals surface area contributed by atoms with Crippen molar-refractivity contribution in [3.8, 4) is 0 Å². The lowest BCUT2D eigenvalue weighted by Crippen LogP contribution is -2.46. The lowest BCUT2D eigenvalue weighted by atomic mass is 9.83. The molecule has 0 saturated carbocycles. The van der Waals surface area contributed by atoms with Gasteiger partial charge in [-0.2, -0.15) is 0 Å². The first-order valence-corrected chi connectivity index (χ1v) is 25.5. The number of nitrogens with one attached hydrogen (secondary N) is 1. The number of aliphatic hydroxyl groups is 1. The number of aliphatic hydroxyl groups excluding tert-OH is 1. The zero-order chi connectivity index (χ0) is 53.1. The molecule has 1 atom stereocenters. The van der Waals surface area contributed by atoms with E-state index >= 15 is 0 Å². The Bertz CT molecular complexity index is 2040. The summed E-state index contributed by atoms with van der Waals surface area (Å²) in [7, 11) is 3.20. The lowest BCUT2D eigenvalue weighted by molar-refractivity contribution is -0.137. The molecule has 72 heavy (non-hydrogen) atoms. The Morgan fingerprint density at radius 3 is 1.64 bits per heavy atom. The standard InChI is InChI=1S/C54H82N6O12/c1-10-16-17-47(62)58(32-36-68-38-34-60-48(63)26-27-49(60)64)30-28-56(8)50(65)71-41-44-20-24-46(25-21-44)54(14-5,15-6)72-52(67)59(33-37-69-39-35-61)31-29-57(9)51(66)70-40-43-18-22-45(23-19-43)53(12-3,13-4)55-42(7)11-2/h16-27,42,55,61H,10-15,28-41H2,1-9H3/b17-16+. The number of imide groups is 1. The van der Waals surface area contributed by atoms with Crippen molar-refractivity contribution in [2.45, 2.75) is 117 Å². The van der Waals surface area contributed by atoms with Crippen molar-refractivity contribution in [3.05, 3.63) is 95.1 Å². The molecule has 0 bridgehead atoms.